The minimum Gasteiger partial charge on any atom is -0.479 e. The van der Waals surface area contributed by atoms with Gasteiger partial charge in [0.05, 0.1) is 13.0 Å². The molecule has 2 aliphatic rings. The number of ketones is 1. The van der Waals surface area contributed by atoms with Crippen LogP contribution in [0, 0.1) is 26.7 Å². The molecular weight excluding hydrogens is 450 g/mol. The zero-order valence-corrected chi connectivity index (χ0v) is 21.6. The van der Waals surface area contributed by atoms with Crippen molar-refractivity contribution in [2.24, 2.45) is 5.92 Å². The van der Waals surface area contributed by atoms with E-state index in [0.29, 0.717) is 12.3 Å². The number of rotatable bonds is 6. The molecule has 1 heterocycles. The maximum absolute atomic E-state index is 14.8. The summed E-state index contributed by atoms with van der Waals surface area (Å²) in [4.78, 5) is 28.2. The predicted octanol–water partition coefficient (Wildman–Crippen LogP) is 5.25. The van der Waals surface area contributed by atoms with Gasteiger partial charge in [-0.3, -0.25) is 14.9 Å². The Morgan fingerprint density at radius 3 is 2.33 bits per heavy atom. The summed E-state index contributed by atoms with van der Waals surface area (Å²) >= 11 is 0. The smallest absolute Gasteiger partial charge is 0.317 e. The van der Waals surface area contributed by atoms with E-state index in [2.05, 4.69) is 18.3 Å². The van der Waals surface area contributed by atoms with Gasteiger partial charge in [-0.05, 0) is 62.1 Å². The molecule has 0 bridgehead atoms. The number of carbonyl (C=O) groups is 2. The Morgan fingerprint density at radius 2 is 1.69 bits per heavy atom. The highest BCUT2D eigenvalue weighted by molar-refractivity contribution is 6.10. The minimum atomic E-state index is -1.26. The van der Waals surface area contributed by atoms with Gasteiger partial charge in [0.15, 0.2) is 16.9 Å². The molecule has 186 valence electrons. The lowest BCUT2D eigenvalue weighted by molar-refractivity contribution is -0.149. The van der Waals surface area contributed by atoms with Gasteiger partial charge in [0.2, 0.25) is 0 Å². The zero-order valence-electron chi connectivity index (χ0n) is 21.6. The molecule has 1 fully saturated rings. The van der Waals surface area contributed by atoms with Gasteiger partial charge in [-0.15, -0.1) is 0 Å². The van der Waals surface area contributed by atoms with Crippen LogP contribution >= 0.6 is 0 Å². The molecule has 1 aliphatic carbocycles. The summed E-state index contributed by atoms with van der Waals surface area (Å²) < 4.78 is 12.3. The van der Waals surface area contributed by atoms with Crippen LogP contribution in [-0.4, -0.2) is 25.4 Å². The molecule has 3 aromatic carbocycles. The van der Waals surface area contributed by atoms with Crippen LogP contribution in [0.5, 0.6) is 5.75 Å². The van der Waals surface area contributed by atoms with E-state index in [0.717, 1.165) is 39.8 Å². The lowest BCUT2D eigenvalue weighted by Crippen LogP contribution is -2.59. The van der Waals surface area contributed by atoms with Crippen LogP contribution in [0.1, 0.15) is 52.6 Å². The Morgan fingerprint density at radius 1 is 1.00 bits per heavy atom. The summed E-state index contributed by atoms with van der Waals surface area (Å²) in [5, 5.41) is 3.65. The molecule has 4 atom stereocenters. The Kier molecular flexibility index (Phi) is 6.00. The molecule has 0 aromatic heterocycles. The number of hydrogen-bond donors (Lipinski definition) is 1. The van der Waals surface area contributed by atoms with Crippen LogP contribution in [0.3, 0.4) is 0 Å². The highest BCUT2D eigenvalue weighted by Gasteiger charge is 2.78. The summed E-state index contributed by atoms with van der Waals surface area (Å²) in [6.07, 6.45) is 0.818. The molecule has 0 radical (unpaired) electrons. The molecule has 1 N–H and O–H groups in total. The van der Waals surface area contributed by atoms with Crippen molar-refractivity contribution in [3.8, 4) is 5.75 Å². The lowest BCUT2D eigenvalue weighted by atomic mass is 9.68. The van der Waals surface area contributed by atoms with Gasteiger partial charge in [-0.1, -0.05) is 73.2 Å². The van der Waals surface area contributed by atoms with Crippen molar-refractivity contribution in [2.45, 2.75) is 51.2 Å². The summed E-state index contributed by atoms with van der Waals surface area (Å²) in [5.41, 5.74) is 3.23. The van der Waals surface area contributed by atoms with Crippen molar-refractivity contribution in [2.75, 3.05) is 13.7 Å². The molecule has 0 amide bonds. The molecule has 1 saturated carbocycles. The molecular formula is C31H33NO4. The molecule has 1 aliphatic heterocycles. The van der Waals surface area contributed by atoms with Crippen molar-refractivity contribution in [3.05, 3.63) is 100 Å². The van der Waals surface area contributed by atoms with Crippen molar-refractivity contribution in [1.29, 1.82) is 0 Å². The number of methoxy groups -OCH3 is 1. The fourth-order valence-electron chi connectivity index (χ4n) is 6.48. The van der Waals surface area contributed by atoms with Gasteiger partial charge in [-0.2, -0.15) is 0 Å². The van der Waals surface area contributed by atoms with Crippen LogP contribution in [0.2, 0.25) is 0 Å². The van der Waals surface area contributed by atoms with Crippen molar-refractivity contribution < 1.29 is 19.1 Å². The molecule has 0 saturated heterocycles. The molecule has 3 aromatic rings. The zero-order chi connectivity index (χ0) is 25.7. The van der Waals surface area contributed by atoms with Gasteiger partial charge in [0.1, 0.15) is 11.7 Å². The number of esters is 1. The SMILES string of the molecule is CCCN[C@@]12C(=O)[C@H](C(=O)OC)[C@@H](c3ccccc3)[C@]1(c1ccc(C)cc1)Oc1cc(C)cc(C)c12. The third kappa shape index (κ3) is 3.19. The van der Waals surface area contributed by atoms with E-state index in [1.165, 1.54) is 7.11 Å². The average Bonchev–Trinajstić information content (AvgIpc) is 3.28. The molecule has 5 nitrogen and oxygen atoms in total. The number of ether oxygens (including phenoxy) is 2. The Hall–Kier alpha value is -3.44. The van der Waals surface area contributed by atoms with E-state index in [9.17, 15) is 9.59 Å². The van der Waals surface area contributed by atoms with Crippen molar-refractivity contribution in [3.63, 3.8) is 0 Å². The van der Waals surface area contributed by atoms with Crippen LogP contribution in [0.25, 0.3) is 0 Å². The highest BCUT2D eigenvalue weighted by Crippen LogP contribution is 2.67. The first-order chi connectivity index (χ1) is 17.3. The number of carbonyl (C=O) groups excluding carboxylic acids is 2. The number of nitrogens with one attached hydrogen (secondary N) is 1. The van der Waals surface area contributed by atoms with Gasteiger partial charge in [0.25, 0.3) is 0 Å². The number of benzene rings is 3. The second-order valence-corrected chi connectivity index (χ2v) is 10.1. The van der Waals surface area contributed by atoms with Gasteiger partial charge < -0.3 is 9.47 Å². The topological polar surface area (TPSA) is 64.6 Å². The maximum Gasteiger partial charge on any atom is 0.317 e. The first kappa shape index (κ1) is 24.3. The number of aryl methyl sites for hydroxylation is 3. The van der Waals surface area contributed by atoms with Crippen molar-refractivity contribution >= 4 is 11.8 Å². The standard InChI is InChI=1S/C31H33NO4/c1-6-16-32-30-26-21(4)17-20(3)18-24(26)36-31(30,23-14-12-19(2)13-15-23)27(22-10-8-7-9-11-22)25(28(30)33)29(34)35-5/h7-15,17-18,25,27,32H,6,16H2,1-5H3/t25-,27-,30+,31+/m1/s1. The number of fused-ring (bicyclic) bond motifs is 3. The largest absolute Gasteiger partial charge is 0.479 e. The van der Waals surface area contributed by atoms with Gasteiger partial charge in [0, 0.05) is 5.56 Å². The summed E-state index contributed by atoms with van der Waals surface area (Å²) in [5.74, 6) is -1.69. The fraction of sp³-hybridized carbons (Fsp3) is 0.355. The monoisotopic (exact) mass is 483 g/mol. The summed E-state index contributed by atoms with van der Waals surface area (Å²) in [6, 6.07) is 22.0. The Balaban J connectivity index is 1.94. The first-order valence-corrected chi connectivity index (χ1v) is 12.6. The third-order valence-electron chi connectivity index (χ3n) is 7.80. The van der Waals surface area contributed by atoms with Crippen LogP contribution in [0.4, 0.5) is 0 Å². The molecule has 5 heteroatoms. The van der Waals surface area contributed by atoms with Gasteiger partial charge in [-0.25, -0.2) is 0 Å². The maximum atomic E-state index is 14.8. The lowest BCUT2D eigenvalue weighted by Gasteiger charge is -2.43. The highest BCUT2D eigenvalue weighted by atomic mass is 16.5. The van der Waals surface area contributed by atoms with Crippen LogP contribution < -0.4 is 10.1 Å². The second kappa shape index (κ2) is 8.90. The quantitative estimate of drug-likeness (QED) is 0.383. The normalized spacial score (nSPS) is 26.3. The van der Waals surface area contributed by atoms with Crippen LogP contribution in [-0.2, 0) is 25.5 Å². The molecule has 36 heavy (non-hydrogen) atoms. The van der Waals surface area contributed by atoms with E-state index in [1.54, 1.807) is 0 Å². The second-order valence-electron chi connectivity index (χ2n) is 10.1. The molecule has 0 unspecified atom stereocenters. The number of Topliss-reactive ketones (excluding diaryl/α,β-unsaturated/α-hetero) is 1. The van der Waals surface area contributed by atoms with E-state index in [4.69, 9.17) is 9.47 Å². The number of hydrogen-bond acceptors (Lipinski definition) is 5. The Bertz CT molecular complexity index is 1320. The van der Waals surface area contributed by atoms with E-state index in [-0.39, 0.29) is 5.78 Å². The van der Waals surface area contributed by atoms with E-state index in [1.807, 2.05) is 81.4 Å². The average molecular weight is 484 g/mol. The minimum absolute atomic E-state index is 0.206. The fourth-order valence-corrected chi connectivity index (χ4v) is 6.48. The first-order valence-electron chi connectivity index (χ1n) is 12.6. The molecule has 5 rings (SSSR count). The van der Waals surface area contributed by atoms with E-state index < -0.39 is 28.9 Å². The molecule has 0 spiro atoms. The Labute approximate surface area is 212 Å². The predicted molar refractivity (Wildman–Crippen MR) is 139 cm³/mol. The summed E-state index contributed by atoms with van der Waals surface area (Å²) in [7, 11) is 1.35. The van der Waals surface area contributed by atoms with Crippen LogP contribution in [0.15, 0.2) is 66.7 Å². The van der Waals surface area contributed by atoms with E-state index >= 15 is 0 Å². The van der Waals surface area contributed by atoms with Gasteiger partial charge >= 0.3 is 5.97 Å². The summed E-state index contributed by atoms with van der Waals surface area (Å²) in [6.45, 7) is 8.75. The van der Waals surface area contributed by atoms with Crippen molar-refractivity contribution in [1.82, 2.24) is 5.32 Å². The third-order valence-corrected chi connectivity index (χ3v) is 7.80.